The molecular formula is C17H18N2O5. The average Bonchev–Trinajstić information content (AvgIpc) is 3.18. The van der Waals surface area contributed by atoms with Gasteiger partial charge in [0.1, 0.15) is 18.1 Å². The first-order valence-electron chi connectivity index (χ1n) is 7.43. The van der Waals surface area contributed by atoms with Crippen LogP contribution in [-0.4, -0.2) is 23.1 Å². The number of nitrogens with one attached hydrogen (secondary N) is 2. The van der Waals surface area contributed by atoms with E-state index in [1.54, 1.807) is 36.4 Å². The molecule has 2 aromatic rings. The Morgan fingerprint density at radius 3 is 2.62 bits per heavy atom. The van der Waals surface area contributed by atoms with Crippen LogP contribution in [0.25, 0.3) is 0 Å². The molecule has 1 amide bonds. The van der Waals surface area contributed by atoms with Crippen molar-refractivity contribution in [3.05, 3.63) is 65.2 Å². The lowest BCUT2D eigenvalue weighted by Gasteiger charge is -2.02. The number of hydrogen-bond donors (Lipinski definition) is 2. The molecule has 24 heavy (non-hydrogen) atoms. The van der Waals surface area contributed by atoms with Gasteiger partial charge in [-0.2, -0.15) is 5.16 Å². The average molecular weight is 330 g/mol. The van der Waals surface area contributed by atoms with Crippen LogP contribution in [0, 0.1) is 0 Å². The smallest absolute Gasteiger partial charge is 0.306 e. The summed E-state index contributed by atoms with van der Waals surface area (Å²) in [6.07, 6.45) is 5.30. The number of cyclic esters (lactones) is 1. The van der Waals surface area contributed by atoms with Gasteiger partial charge in [-0.05, 0) is 18.6 Å². The molecule has 1 saturated heterocycles. The molecule has 1 fully saturated rings. The summed E-state index contributed by atoms with van der Waals surface area (Å²) in [5.41, 5.74) is 0.126. The van der Waals surface area contributed by atoms with Crippen LogP contribution in [0.3, 0.4) is 0 Å². The molecule has 0 radical (unpaired) electrons. The van der Waals surface area contributed by atoms with E-state index < -0.39 is 5.56 Å². The van der Waals surface area contributed by atoms with Crippen molar-refractivity contribution in [2.75, 3.05) is 5.32 Å². The van der Waals surface area contributed by atoms with Crippen LogP contribution in [0.4, 0.5) is 5.69 Å². The van der Waals surface area contributed by atoms with Gasteiger partial charge in [0, 0.05) is 18.4 Å². The molecular weight excluding hydrogens is 312 g/mol. The second-order valence-corrected chi connectivity index (χ2v) is 5.08. The van der Waals surface area contributed by atoms with Crippen molar-refractivity contribution in [1.29, 1.82) is 0 Å². The number of anilines is 1. The Labute approximate surface area is 138 Å². The molecule has 1 aromatic heterocycles. The normalized spacial score (nSPS) is 15.8. The van der Waals surface area contributed by atoms with Crippen LogP contribution < -0.4 is 10.9 Å². The van der Waals surface area contributed by atoms with Crippen molar-refractivity contribution in [2.45, 2.75) is 25.4 Å². The van der Waals surface area contributed by atoms with Crippen molar-refractivity contribution >= 4 is 17.6 Å². The van der Waals surface area contributed by atoms with Gasteiger partial charge in [0.25, 0.3) is 5.91 Å². The molecule has 126 valence electrons. The Bertz CT molecular complexity index is 748. The standard InChI is InChI=1S/C10H8N2O3.C7H10O2/c13-9(7-4-2-1-3-5-7)11-8-6-15-12-10(8)14;1-2-3-6-4-5-7(8)9-6/h1-6H,(H,11,13)(H,12,14);2,6H,1,3-5H2. The van der Waals surface area contributed by atoms with Gasteiger partial charge in [-0.15, -0.1) is 6.58 Å². The monoisotopic (exact) mass is 330 g/mol. The molecule has 1 aliphatic rings. The van der Waals surface area contributed by atoms with Gasteiger partial charge in [-0.1, -0.05) is 24.3 Å². The summed E-state index contributed by atoms with van der Waals surface area (Å²) in [7, 11) is 0. The Morgan fingerprint density at radius 2 is 2.08 bits per heavy atom. The Hall–Kier alpha value is -3.09. The largest absolute Gasteiger partial charge is 0.462 e. The molecule has 0 aliphatic carbocycles. The number of carbonyl (C=O) groups excluding carboxylic acids is 2. The maximum absolute atomic E-state index is 11.6. The van der Waals surface area contributed by atoms with E-state index >= 15 is 0 Å². The van der Waals surface area contributed by atoms with E-state index in [1.165, 1.54) is 0 Å². The SMILES string of the molecule is C=CCC1CCC(=O)O1.O=C(Nc1co[nH]c1=O)c1ccccc1. The van der Waals surface area contributed by atoms with Crippen molar-refractivity contribution in [3.8, 4) is 0 Å². The number of H-pyrrole nitrogens is 1. The molecule has 2 heterocycles. The highest BCUT2D eigenvalue weighted by Crippen LogP contribution is 2.16. The molecule has 7 heteroatoms. The van der Waals surface area contributed by atoms with Crippen LogP contribution in [-0.2, 0) is 9.53 Å². The highest BCUT2D eigenvalue weighted by molar-refractivity contribution is 6.03. The second kappa shape index (κ2) is 8.52. The Balaban J connectivity index is 0.000000198. The fourth-order valence-electron chi connectivity index (χ4n) is 2.06. The number of benzene rings is 1. The van der Waals surface area contributed by atoms with Crippen molar-refractivity contribution in [3.63, 3.8) is 0 Å². The van der Waals surface area contributed by atoms with Crippen molar-refractivity contribution in [1.82, 2.24) is 5.16 Å². The number of esters is 1. The maximum Gasteiger partial charge on any atom is 0.306 e. The fraction of sp³-hybridized carbons (Fsp3) is 0.235. The van der Waals surface area contributed by atoms with E-state index in [2.05, 4.69) is 21.6 Å². The minimum atomic E-state index is -0.459. The number of amides is 1. The fourth-order valence-corrected chi connectivity index (χ4v) is 2.06. The molecule has 0 spiro atoms. The third kappa shape index (κ3) is 4.98. The van der Waals surface area contributed by atoms with Crippen LogP contribution in [0.5, 0.6) is 0 Å². The van der Waals surface area contributed by atoms with Gasteiger partial charge in [0.2, 0.25) is 0 Å². The molecule has 7 nitrogen and oxygen atoms in total. The predicted octanol–water partition coefficient (Wildman–Crippen LogP) is 2.49. The minimum absolute atomic E-state index is 0.0677. The van der Waals surface area contributed by atoms with Gasteiger partial charge >= 0.3 is 11.5 Å². The van der Waals surface area contributed by atoms with E-state index in [0.29, 0.717) is 12.0 Å². The number of aromatic nitrogens is 1. The highest BCUT2D eigenvalue weighted by Gasteiger charge is 2.21. The van der Waals surface area contributed by atoms with Crippen LogP contribution in [0.15, 0.2) is 58.6 Å². The third-order valence-corrected chi connectivity index (χ3v) is 3.26. The molecule has 1 aliphatic heterocycles. The summed E-state index contributed by atoms with van der Waals surface area (Å²) in [6.45, 7) is 3.56. The van der Waals surface area contributed by atoms with Gasteiger partial charge in [-0.3, -0.25) is 14.4 Å². The summed E-state index contributed by atoms with van der Waals surface area (Å²) >= 11 is 0. The zero-order chi connectivity index (χ0) is 17.4. The summed E-state index contributed by atoms with van der Waals surface area (Å²) in [6, 6.07) is 8.61. The maximum atomic E-state index is 11.6. The van der Waals surface area contributed by atoms with Crippen LogP contribution in [0.2, 0.25) is 0 Å². The number of hydrogen-bond acceptors (Lipinski definition) is 5. The lowest BCUT2D eigenvalue weighted by atomic mass is 10.2. The van der Waals surface area contributed by atoms with Gasteiger partial charge in [0.15, 0.2) is 0 Å². The van der Waals surface area contributed by atoms with Crippen molar-refractivity contribution in [2.24, 2.45) is 0 Å². The first kappa shape index (κ1) is 17.3. The molecule has 2 N–H and O–H groups in total. The first-order chi connectivity index (χ1) is 11.6. The summed E-state index contributed by atoms with van der Waals surface area (Å²) in [5, 5.41) is 4.51. The van der Waals surface area contributed by atoms with E-state index in [9.17, 15) is 14.4 Å². The number of carbonyl (C=O) groups is 2. The van der Waals surface area contributed by atoms with Crippen molar-refractivity contribution < 1.29 is 18.8 Å². The summed E-state index contributed by atoms with van der Waals surface area (Å²) in [4.78, 5) is 33.1. The van der Waals surface area contributed by atoms with Gasteiger partial charge in [0.05, 0.1) is 0 Å². The topological polar surface area (TPSA) is 101 Å². The van der Waals surface area contributed by atoms with Gasteiger partial charge in [-0.25, -0.2) is 0 Å². The predicted molar refractivity (Wildman–Crippen MR) is 87.7 cm³/mol. The molecule has 1 aromatic carbocycles. The van der Waals surface area contributed by atoms with E-state index in [0.717, 1.165) is 19.1 Å². The van der Waals surface area contributed by atoms with E-state index in [4.69, 9.17) is 4.74 Å². The lowest BCUT2D eigenvalue weighted by molar-refractivity contribution is -0.141. The number of rotatable bonds is 4. The van der Waals surface area contributed by atoms with E-state index in [1.807, 2.05) is 0 Å². The zero-order valence-corrected chi connectivity index (χ0v) is 13.0. The van der Waals surface area contributed by atoms with Crippen LogP contribution >= 0.6 is 0 Å². The Morgan fingerprint density at radius 1 is 1.33 bits per heavy atom. The molecule has 3 rings (SSSR count). The molecule has 1 unspecified atom stereocenters. The zero-order valence-electron chi connectivity index (χ0n) is 13.0. The van der Waals surface area contributed by atoms with E-state index in [-0.39, 0.29) is 23.7 Å². The van der Waals surface area contributed by atoms with Gasteiger partial charge < -0.3 is 14.6 Å². The Kier molecular flexibility index (Phi) is 6.13. The van der Waals surface area contributed by atoms with Crippen LogP contribution in [0.1, 0.15) is 29.6 Å². The quantitative estimate of drug-likeness (QED) is 0.662. The highest BCUT2D eigenvalue weighted by atomic mass is 16.5. The lowest BCUT2D eigenvalue weighted by Crippen LogP contribution is -2.16. The molecule has 0 saturated carbocycles. The first-order valence-corrected chi connectivity index (χ1v) is 7.43. The third-order valence-electron chi connectivity index (χ3n) is 3.26. The minimum Gasteiger partial charge on any atom is -0.462 e. The summed E-state index contributed by atoms with van der Waals surface area (Å²) in [5.74, 6) is -0.413. The summed E-state index contributed by atoms with van der Waals surface area (Å²) < 4.78 is 9.42. The molecule has 0 bridgehead atoms. The number of aromatic amines is 1. The second-order valence-electron chi connectivity index (χ2n) is 5.08. The number of ether oxygens (including phenoxy) is 1. The molecule has 1 atom stereocenters.